The Morgan fingerprint density at radius 2 is 2.17 bits per heavy atom. The van der Waals surface area contributed by atoms with Gasteiger partial charge in [-0.3, -0.25) is 9.59 Å². The summed E-state index contributed by atoms with van der Waals surface area (Å²) >= 11 is 0. The average Bonchev–Trinajstić information content (AvgIpc) is 2.37. The first-order chi connectivity index (χ1) is 8.61. The molecule has 0 amide bonds. The van der Waals surface area contributed by atoms with Crippen molar-refractivity contribution in [2.75, 3.05) is 7.11 Å². The lowest BCUT2D eigenvalue weighted by atomic mass is 10.2. The van der Waals surface area contributed by atoms with E-state index in [0.717, 1.165) is 0 Å². The Morgan fingerprint density at radius 3 is 2.83 bits per heavy atom. The number of ether oxygens (including phenoxy) is 1. The number of aromatic nitrogens is 1. The van der Waals surface area contributed by atoms with Gasteiger partial charge in [0.15, 0.2) is 5.43 Å². The first-order valence-corrected chi connectivity index (χ1v) is 5.51. The molecule has 2 aromatic rings. The second-order valence-corrected chi connectivity index (χ2v) is 3.90. The van der Waals surface area contributed by atoms with Crippen molar-refractivity contribution in [3.05, 3.63) is 40.7 Å². The van der Waals surface area contributed by atoms with Gasteiger partial charge in [0.05, 0.1) is 19.0 Å². The summed E-state index contributed by atoms with van der Waals surface area (Å²) in [7, 11) is 1.55. The lowest BCUT2D eigenvalue weighted by molar-refractivity contribution is -0.137. The molecule has 0 saturated carbocycles. The number of hydrogen-bond donors (Lipinski definition) is 1. The fraction of sp³-hybridized carbons (Fsp3) is 0.231. The van der Waals surface area contributed by atoms with Gasteiger partial charge in [-0.25, -0.2) is 0 Å². The molecule has 0 aliphatic heterocycles. The number of hydrogen-bond acceptors (Lipinski definition) is 3. The van der Waals surface area contributed by atoms with Gasteiger partial charge in [-0.2, -0.15) is 0 Å². The first kappa shape index (κ1) is 12.2. The van der Waals surface area contributed by atoms with Crippen molar-refractivity contribution in [2.24, 2.45) is 0 Å². The van der Waals surface area contributed by atoms with E-state index in [1.807, 2.05) is 0 Å². The first-order valence-electron chi connectivity index (χ1n) is 5.51. The van der Waals surface area contributed by atoms with Gasteiger partial charge in [-0.15, -0.1) is 0 Å². The van der Waals surface area contributed by atoms with E-state index >= 15 is 0 Å². The number of fused-ring (bicyclic) bond motifs is 1. The summed E-state index contributed by atoms with van der Waals surface area (Å²) in [5, 5.41) is 9.26. The largest absolute Gasteiger partial charge is 0.497 e. The zero-order valence-electron chi connectivity index (χ0n) is 9.92. The predicted molar refractivity (Wildman–Crippen MR) is 67.0 cm³/mol. The topological polar surface area (TPSA) is 68.5 Å². The molecule has 0 aliphatic carbocycles. The molecule has 1 aromatic heterocycles. The second kappa shape index (κ2) is 4.91. The van der Waals surface area contributed by atoms with E-state index in [0.29, 0.717) is 23.2 Å². The van der Waals surface area contributed by atoms with E-state index < -0.39 is 5.97 Å². The van der Waals surface area contributed by atoms with Gasteiger partial charge in [-0.05, 0) is 12.1 Å². The third-order valence-corrected chi connectivity index (χ3v) is 2.75. The van der Waals surface area contributed by atoms with E-state index in [4.69, 9.17) is 9.84 Å². The molecule has 1 heterocycles. The quantitative estimate of drug-likeness (QED) is 0.888. The molecule has 0 aliphatic rings. The molecule has 94 valence electrons. The Hall–Kier alpha value is -2.30. The van der Waals surface area contributed by atoms with Gasteiger partial charge in [0.25, 0.3) is 0 Å². The Balaban J connectivity index is 2.55. The SMILES string of the molecule is COc1ccc2c(=O)ccn(CCC(=O)O)c2c1. The summed E-state index contributed by atoms with van der Waals surface area (Å²) < 4.78 is 6.85. The molecule has 2 rings (SSSR count). The number of methoxy groups -OCH3 is 1. The Bertz CT molecular complexity index is 645. The predicted octanol–water partition coefficient (Wildman–Crippen LogP) is 1.48. The smallest absolute Gasteiger partial charge is 0.305 e. The number of aliphatic carboxylic acids is 1. The highest BCUT2D eigenvalue weighted by atomic mass is 16.5. The number of aryl methyl sites for hydroxylation is 1. The molecule has 0 atom stereocenters. The van der Waals surface area contributed by atoms with Crippen LogP contribution in [-0.4, -0.2) is 22.8 Å². The van der Waals surface area contributed by atoms with Crippen molar-refractivity contribution >= 4 is 16.9 Å². The third-order valence-electron chi connectivity index (χ3n) is 2.75. The fourth-order valence-electron chi connectivity index (χ4n) is 1.82. The van der Waals surface area contributed by atoms with Crippen LogP contribution >= 0.6 is 0 Å². The molecule has 0 unspecified atom stereocenters. The van der Waals surface area contributed by atoms with Gasteiger partial charge < -0.3 is 14.4 Å². The zero-order chi connectivity index (χ0) is 13.1. The van der Waals surface area contributed by atoms with Crippen molar-refractivity contribution in [1.29, 1.82) is 0 Å². The number of carbonyl (C=O) groups is 1. The number of pyridine rings is 1. The fourth-order valence-corrected chi connectivity index (χ4v) is 1.82. The maximum absolute atomic E-state index is 11.7. The highest BCUT2D eigenvalue weighted by molar-refractivity contribution is 5.80. The molecule has 0 saturated heterocycles. The van der Waals surface area contributed by atoms with Crippen LogP contribution in [-0.2, 0) is 11.3 Å². The van der Waals surface area contributed by atoms with Crippen molar-refractivity contribution in [2.45, 2.75) is 13.0 Å². The second-order valence-electron chi connectivity index (χ2n) is 3.90. The minimum atomic E-state index is -0.871. The summed E-state index contributed by atoms with van der Waals surface area (Å²) in [6.45, 7) is 0.319. The number of nitrogens with zero attached hydrogens (tertiary/aromatic N) is 1. The van der Waals surface area contributed by atoms with Gasteiger partial charge >= 0.3 is 5.97 Å². The number of carboxylic acids is 1. The standard InChI is InChI=1S/C13H13NO4/c1-18-9-2-3-10-11(8-9)14(6-4-12(10)15)7-5-13(16)17/h2-4,6,8H,5,7H2,1H3,(H,16,17). The normalized spacial score (nSPS) is 10.5. The molecular weight excluding hydrogens is 234 g/mol. The molecular formula is C13H13NO4. The third kappa shape index (κ3) is 2.34. The van der Waals surface area contributed by atoms with Crippen molar-refractivity contribution < 1.29 is 14.6 Å². The Morgan fingerprint density at radius 1 is 1.39 bits per heavy atom. The van der Waals surface area contributed by atoms with E-state index in [-0.39, 0.29) is 11.8 Å². The van der Waals surface area contributed by atoms with Gasteiger partial charge in [0.2, 0.25) is 0 Å². The summed E-state index contributed by atoms with van der Waals surface area (Å²) in [6, 6.07) is 6.58. The summed E-state index contributed by atoms with van der Waals surface area (Å²) in [6.07, 6.45) is 1.61. The molecule has 18 heavy (non-hydrogen) atoms. The van der Waals surface area contributed by atoms with E-state index in [1.165, 1.54) is 6.07 Å². The molecule has 0 radical (unpaired) electrons. The summed E-state index contributed by atoms with van der Waals surface area (Å²) in [5.74, 6) is -0.234. The minimum Gasteiger partial charge on any atom is -0.497 e. The van der Waals surface area contributed by atoms with Crippen LogP contribution in [0.15, 0.2) is 35.3 Å². The molecule has 0 fully saturated rings. The molecule has 1 aromatic carbocycles. The highest BCUT2D eigenvalue weighted by Crippen LogP contribution is 2.18. The number of carboxylic acid groups (broad SMARTS) is 1. The summed E-state index contributed by atoms with van der Waals surface area (Å²) in [4.78, 5) is 22.3. The Labute approximate surface area is 103 Å². The number of benzene rings is 1. The van der Waals surface area contributed by atoms with Crippen LogP contribution < -0.4 is 10.2 Å². The van der Waals surface area contributed by atoms with Crippen LogP contribution in [0, 0.1) is 0 Å². The molecule has 0 spiro atoms. The molecule has 1 N–H and O–H groups in total. The number of rotatable bonds is 4. The van der Waals surface area contributed by atoms with Crippen LogP contribution in [0.5, 0.6) is 5.75 Å². The summed E-state index contributed by atoms with van der Waals surface area (Å²) in [5.41, 5.74) is 0.599. The van der Waals surface area contributed by atoms with Crippen molar-refractivity contribution in [3.63, 3.8) is 0 Å². The average molecular weight is 247 g/mol. The van der Waals surface area contributed by atoms with Crippen molar-refractivity contribution in [1.82, 2.24) is 4.57 Å². The highest BCUT2D eigenvalue weighted by Gasteiger charge is 2.05. The van der Waals surface area contributed by atoms with Crippen LogP contribution in [0.2, 0.25) is 0 Å². The lowest BCUT2D eigenvalue weighted by Crippen LogP contribution is -2.10. The minimum absolute atomic E-state index is 0.00911. The molecule has 5 nitrogen and oxygen atoms in total. The van der Waals surface area contributed by atoms with E-state index in [9.17, 15) is 9.59 Å². The lowest BCUT2D eigenvalue weighted by Gasteiger charge is -2.10. The molecule has 5 heteroatoms. The van der Waals surface area contributed by atoms with Crippen molar-refractivity contribution in [3.8, 4) is 5.75 Å². The van der Waals surface area contributed by atoms with Crippen LogP contribution in [0.1, 0.15) is 6.42 Å². The monoisotopic (exact) mass is 247 g/mol. The van der Waals surface area contributed by atoms with Crippen LogP contribution in [0.25, 0.3) is 10.9 Å². The Kier molecular flexibility index (Phi) is 3.32. The van der Waals surface area contributed by atoms with E-state index in [1.54, 1.807) is 36.1 Å². The maximum atomic E-state index is 11.7. The molecule has 0 bridgehead atoms. The van der Waals surface area contributed by atoms with Gasteiger partial charge in [0.1, 0.15) is 5.75 Å². The van der Waals surface area contributed by atoms with E-state index in [2.05, 4.69) is 0 Å². The maximum Gasteiger partial charge on any atom is 0.305 e. The zero-order valence-corrected chi connectivity index (χ0v) is 9.92. The van der Waals surface area contributed by atoms with Gasteiger partial charge in [0, 0.05) is 30.3 Å². The van der Waals surface area contributed by atoms with Crippen LogP contribution in [0.4, 0.5) is 0 Å². The van der Waals surface area contributed by atoms with Crippen LogP contribution in [0.3, 0.4) is 0 Å². The van der Waals surface area contributed by atoms with Gasteiger partial charge in [-0.1, -0.05) is 0 Å².